The fraction of sp³-hybridized carbons (Fsp3) is 0.154. The van der Waals surface area contributed by atoms with Crippen molar-refractivity contribution in [3.63, 3.8) is 0 Å². The highest BCUT2D eigenvalue weighted by molar-refractivity contribution is 9.10. The summed E-state index contributed by atoms with van der Waals surface area (Å²) < 4.78 is 11.2. The van der Waals surface area contributed by atoms with Gasteiger partial charge >= 0.3 is 0 Å². The number of hydrogen-bond acceptors (Lipinski definition) is 5. The molecule has 2 aromatic rings. The molecule has 2 rings (SSSR count). The Hall–Kier alpha value is -2.33. The Morgan fingerprint density at radius 3 is 3.00 bits per heavy atom. The molecule has 0 saturated carbocycles. The topological polar surface area (TPSA) is 88.2 Å². The van der Waals surface area contributed by atoms with Gasteiger partial charge in [-0.2, -0.15) is 5.26 Å². The lowest BCUT2D eigenvalue weighted by molar-refractivity contribution is -0.126. The molecular weight excluding hydrogens is 326 g/mol. The molecule has 1 aromatic heterocycles. The van der Waals surface area contributed by atoms with Crippen molar-refractivity contribution >= 4 is 21.8 Å². The number of amides is 1. The Bertz CT molecular complexity index is 649. The van der Waals surface area contributed by atoms with Gasteiger partial charge in [0.15, 0.2) is 12.3 Å². The summed E-state index contributed by atoms with van der Waals surface area (Å²) in [5.74, 6) is -0.0378. The minimum absolute atomic E-state index is 0.475. The molecule has 102 valence electrons. The van der Waals surface area contributed by atoms with Crippen LogP contribution in [-0.2, 0) is 4.79 Å². The highest BCUT2D eigenvalue weighted by Crippen LogP contribution is 2.32. The molecule has 0 saturated heterocycles. The molecule has 1 amide bonds. The van der Waals surface area contributed by atoms with Gasteiger partial charge in [-0.1, -0.05) is 21.1 Å². The molecule has 1 atom stereocenters. The predicted octanol–water partition coefficient (Wildman–Crippen LogP) is 2.47. The van der Waals surface area contributed by atoms with E-state index in [1.807, 2.05) is 11.4 Å². The summed E-state index contributed by atoms with van der Waals surface area (Å²) in [5, 5.41) is 14.3. The van der Waals surface area contributed by atoms with Crippen LogP contribution in [0.5, 0.6) is 5.75 Å². The summed E-state index contributed by atoms with van der Waals surface area (Å²) in [7, 11) is 0. The third-order valence-electron chi connectivity index (χ3n) is 2.51. The van der Waals surface area contributed by atoms with Crippen molar-refractivity contribution in [2.75, 3.05) is 0 Å². The van der Waals surface area contributed by atoms with Crippen LogP contribution >= 0.6 is 15.9 Å². The number of nitriles is 1. The number of halogens is 1. The number of carbonyl (C=O) groups excluding carboxylic acids is 1. The summed E-state index contributed by atoms with van der Waals surface area (Å²) in [4.78, 5) is 11.5. The average Bonchev–Trinajstić information content (AvgIpc) is 2.95. The lowest BCUT2D eigenvalue weighted by Gasteiger charge is -2.15. The molecule has 7 heteroatoms. The first-order valence-electron chi connectivity index (χ1n) is 5.67. The van der Waals surface area contributed by atoms with E-state index >= 15 is 0 Å². The number of rotatable bonds is 4. The van der Waals surface area contributed by atoms with Crippen molar-refractivity contribution in [2.45, 2.75) is 13.0 Å². The zero-order chi connectivity index (χ0) is 14.5. The van der Waals surface area contributed by atoms with Gasteiger partial charge in [0.05, 0.1) is 0 Å². The quantitative estimate of drug-likeness (QED) is 0.684. The van der Waals surface area contributed by atoms with Crippen molar-refractivity contribution < 1.29 is 14.1 Å². The van der Waals surface area contributed by atoms with Crippen LogP contribution in [0.3, 0.4) is 0 Å². The maximum Gasteiger partial charge on any atom is 0.273 e. The van der Waals surface area contributed by atoms with Crippen LogP contribution in [-0.4, -0.2) is 17.2 Å². The smallest absolute Gasteiger partial charge is 0.273 e. The van der Waals surface area contributed by atoms with E-state index in [-0.39, 0.29) is 0 Å². The fourth-order valence-electron chi connectivity index (χ4n) is 1.56. The highest BCUT2D eigenvalue weighted by atomic mass is 79.9. The van der Waals surface area contributed by atoms with Gasteiger partial charge in [-0.3, -0.25) is 10.1 Å². The number of nitrogens with zero attached hydrogens (tertiary/aromatic N) is 2. The van der Waals surface area contributed by atoms with Crippen LogP contribution in [0.15, 0.2) is 39.5 Å². The molecule has 0 spiro atoms. The Labute approximate surface area is 123 Å². The SMILES string of the molecule is C[C@H](Oc1ccc(Br)cc1-c1ccon1)C(=O)NC#N. The molecule has 6 nitrogen and oxygen atoms in total. The highest BCUT2D eigenvalue weighted by Gasteiger charge is 2.17. The van der Waals surface area contributed by atoms with Crippen LogP contribution < -0.4 is 10.1 Å². The van der Waals surface area contributed by atoms with E-state index in [9.17, 15) is 4.79 Å². The number of benzene rings is 1. The maximum absolute atomic E-state index is 11.5. The normalized spacial score (nSPS) is 11.4. The van der Waals surface area contributed by atoms with Gasteiger partial charge in [0.2, 0.25) is 0 Å². The maximum atomic E-state index is 11.5. The number of aromatic nitrogens is 1. The van der Waals surface area contributed by atoms with E-state index in [4.69, 9.17) is 14.5 Å². The van der Waals surface area contributed by atoms with Crippen molar-refractivity contribution in [2.24, 2.45) is 0 Å². The van der Waals surface area contributed by atoms with Gasteiger partial charge in [-0.05, 0) is 25.1 Å². The van der Waals surface area contributed by atoms with Gasteiger partial charge in [0.1, 0.15) is 17.7 Å². The second kappa shape index (κ2) is 6.21. The number of ether oxygens (including phenoxy) is 1. The summed E-state index contributed by atoms with van der Waals surface area (Å²) in [6.07, 6.45) is 2.22. The first kappa shape index (κ1) is 14.1. The first-order chi connectivity index (χ1) is 9.61. The molecule has 0 aliphatic rings. The molecule has 0 aliphatic heterocycles. The molecule has 0 radical (unpaired) electrons. The van der Waals surface area contributed by atoms with Gasteiger partial charge < -0.3 is 9.26 Å². The lowest BCUT2D eigenvalue weighted by Crippen LogP contribution is -2.33. The Morgan fingerprint density at radius 2 is 2.35 bits per heavy atom. The average molecular weight is 336 g/mol. The molecular formula is C13H10BrN3O3. The standard InChI is InChI=1S/C13H10BrN3O3/c1-8(13(18)16-7-15)20-12-3-2-9(14)6-10(12)11-4-5-19-17-11/h2-6,8H,1H3,(H,16,18)/t8-/m0/s1. The number of hydrogen-bond donors (Lipinski definition) is 1. The molecule has 0 aliphatic carbocycles. The van der Waals surface area contributed by atoms with E-state index in [1.165, 1.54) is 6.26 Å². The number of carbonyl (C=O) groups is 1. The van der Waals surface area contributed by atoms with E-state index in [1.54, 1.807) is 31.3 Å². The first-order valence-corrected chi connectivity index (χ1v) is 6.47. The second-order valence-corrected chi connectivity index (χ2v) is 4.80. The predicted molar refractivity (Wildman–Crippen MR) is 73.5 cm³/mol. The van der Waals surface area contributed by atoms with Gasteiger partial charge in [-0.15, -0.1) is 0 Å². The van der Waals surface area contributed by atoms with E-state index in [2.05, 4.69) is 21.1 Å². The Kier molecular flexibility index (Phi) is 4.38. The zero-order valence-electron chi connectivity index (χ0n) is 10.5. The molecule has 1 heterocycles. The molecule has 0 fully saturated rings. The van der Waals surface area contributed by atoms with E-state index in [0.717, 1.165) is 4.47 Å². The van der Waals surface area contributed by atoms with Crippen molar-refractivity contribution in [1.82, 2.24) is 10.5 Å². The molecule has 1 aromatic carbocycles. The van der Waals surface area contributed by atoms with Gasteiger partial charge in [0, 0.05) is 16.1 Å². The van der Waals surface area contributed by atoms with Crippen LogP contribution in [0, 0.1) is 11.5 Å². The van der Waals surface area contributed by atoms with E-state index < -0.39 is 12.0 Å². The molecule has 0 bridgehead atoms. The summed E-state index contributed by atoms with van der Waals surface area (Å²) >= 11 is 3.37. The van der Waals surface area contributed by atoms with Crippen LogP contribution in [0.25, 0.3) is 11.3 Å². The Morgan fingerprint density at radius 1 is 1.55 bits per heavy atom. The van der Waals surface area contributed by atoms with Crippen molar-refractivity contribution in [3.05, 3.63) is 35.0 Å². The third-order valence-corrected chi connectivity index (χ3v) is 3.00. The van der Waals surface area contributed by atoms with Crippen LogP contribution in [0.4, 0.5) is 0 Å². The fourth-order valence-corrected chi connectivity index (χ4v) is 1.92. The largest absolute Gasteiger partial charge is 0.480 e. The molecule has 1 N–H and O–H groups in total. The number of nitrogens with one attached hydrogen (secondary N) is 1. The summed E-state index contributed by atoms with van der Waals surface area (Å²) in [6.45, 7) is 1.56. The lowest BCUT2D eigenvalue weighted by atomic mass is 10.1. The van der Waals surface area contributed by atoms with Crippen molar-refractivity contribution in [1.29, 1.82) is 5.26 Å². The molecule has 0 unspecified atom stereocenters. The van der Waals surface area contributed by atoms with Crippen LogP contribution in [0.2, 0.25) is 0 Å². The molecule has 20 heavy (non-hydrogen) atoms. The third kappa shape index (κ3) is 3.16. The Balaban J connectivity index is 2.29. The second-order valence-electron chi connectivity index (χ2n) is 3.89. The van der Waals surface area contributed by atoms with Gasteiger partial charge in [0.25, 0.3) is 5.91 Å². The summed E-state index contributed by atoms with van der Waals surface area (Å²) in [6, 6.07) is 6.99. The van der Waals surface area contributed by atoms with Crippen LogP contribution in [0.1, 0.15) is 6.92 Å². The van der Waals surface area contributed by atoms with E-state index in [0.29, 0.717) is 17.0 Å². The van der Waals surface area contributed by atoms with Gasteiger partial charge in [-0.25, -0.2) is 0 Å². The zero-order valence-corrected chi connectivity index (χ0v) is 12.0. The summed E-state index contributed by atoms with van der Waals surface area (Å²) in [5.41, 5.74) is 1.28. The van der Waals surface area contributed by atoms with Crippen molar-refractivity contribution in [3.8, 4) is 23.2 Å². The minimum Gasteiger partial charge on any atom is -0.480 e. The minimum atomic E-state index is -0.804. The monoisotopic (exact) mass is 335 g/mol.